The number of carboxylic acids is 1. The summed E-state index contributed by atoms with van der Waals surface area (Å²) in [6.07, 6.45) is -1.31. The monoisotopic (exact) mass is 503 g/mol. The molecule has 0 saturated carbocycles. The predicted octanol–water partition coefficient (Wildman–Crippen LogP) is 6.03. The molecule has 3 aromatic rings. The smallest absolute Gasteiger partial charge is 0.416 e. The van der Waals surface area contributed by atoms with Crippen LogP contribution in [0.1, 0.15) is 61.2 Å². The van der Waals surface area contributed by atoms with Gasteiger partial charge in [0, 0.05) is 24.4 Å². The zero-order chi connectivity index (χ0) is 26.7. The van der Waals surface area contributed by atoms with Crippen molar-refractivity contribution < 1.29 is 27.8 Å². The highest BCUT2D eigenvalue weighted by atomic mass is 19.4. The number of nitrogens with one attached hydrogen (secondary N) is 1. The number of carbonyl (C=O) groups is 1. The van der Waals surface area contributed by atoms with E-state index in [1.54, 1.807) is 23.9 Å². The lowest BCUT2D eigenvalue weighted by Crippen LogP contribution is -2.38. The van der Waals surface area contributed by atoms with E-state index in [1.165, 1.54) is 19.9 Å². The average molecular weight is 504 g/mol. The number of hydrogen-bond donors (Lipinski definition) is 2. The average Bonchev–Trinajstić information content (AvgIpc) is 3.25. The number of hydrogen-bond acceptors (Lipinski definition) is 4. The Balaban J connectivity index is 1.91. The Morgan fingerprint density at radius 2 is 1.83 bits per heavy atom. The number of halogens is 3. The van der Waals surface area contributed by atoms with Gasteiger partial charge in [0.15, 0.2) is 5.60 Å². The summed E-state index contributed by atoms with van der Waals surface area (Å²) in [5.74, 6) is -0.564. The summed E-state index contributed by atoms with van der Waals surface area (Å²) in [6.45, 7) is 9.34. The first kappa shape index (κ1) is 27.3. The second kappa shape index (κ2) is 10.7. The van der Waals surface area contributed by atoms with Crippen LogP contribution in [0, 0.1) is 13.8 Å². The molecule has 0 aliphatic carbocycles. The number of benzene rings is 2. The van der Waals surface area contributed by atoms with E-state index < -0.39 is 23.3 Å². The van der Waals surface area contributed by atoms with Gasteiger partial charge in [-0.25, -0.2) is 9.48 Å². The fourth-order valence-corrected chi connectivity index (χ4v) is 3.93. The number of aliphatic carboxylic acids is 1. The zero-order valence-corrected chi connectivity index (χ0v) is 21.1. The van der Waals surface area contributed by atoms with Gasteiger partial charge in [0.25, 0.3) is 0 Å². The SMILES string of the molecule is CCCNC(Cc1ccnn1-c1ccc(C(F)(F)F)cc1C)c1ccc(OC(C)(C)C(=O)O)c(C)c1. The van der Waals surface area contributed by atoms with Crippen LogP contribution in [0.5, 0.6) is 5.75 Å². The first-order valence-corrected chi connectivity index (χ1v) is 11.8. The second-order valence-electron chi connectivity index (χ2n) is 9.39. The number of alkyl halides is 3. The largest absolute Gasteiger partial charge is 0.478 e. The molecule has 6 nitrogen and oxygen atoms in total. The highest BCUT2D eigenvalue weighted by molar-refractivity contribution is 5.76. The molecule has 0 fully saturated rings. The summed E-state index contributed by atoms with van der Waals surface area (Å²) < 4.78 is 46.8. The number of nitrogens with zero attached hydrogens (tertiary/aromatic N) is 2. The van der Waals surface area contributed by atoms with Crippen LogP contribution in [-0.4, -0.2) is 33.0 Å². The first-order valence-electron chi connectivity index (χ1n) is 11.8. The van der Waals surface area contributed by atoms with E-state index in [2.05, 4.69) is 17.3 Å². The molecule has 3 rings (SSSR count). The van der Waals surface area contributed by atoms with Gasteiger partial charge in [-0.15, -0.1) is 0 Å². The maximum atomic E-state index is 13.1. The Bertz CT molecular complexity index is 1220. The molecule has 0 amide bonds. The zero-order valence-electron chi connectivity index (χ0n) is 21.1. The van der Waals surface area contributed by atoms with E-state index in [-0.39, 0.29) is 6.04 Å². The Morgan fingerprint density at radius 3 is 2.42 bits per heavy atom. The molecule has 0 aliphatic heterocycles. The fraction of sp³-hybridized carbons (Fsp3) is 0.407. The number of ether oxygens (including phenoxy) is 1. The Morgan fingerprint density at radius 1 is 1.11 bits per heavy atom. The van der Waals surface area contributed by atoms with E-state index in [9.17, 15) is 23.1 Å². The van der Waals surface area contributed by atoms with Gasteiger partial charge >= 0.3 is 12.1 Å². The van der Waals surface area contributed by atoms with Crippen LogP contribution in [0.3, 0.4) is 0 Å². The van der Waals surface area contributed by atoms with Crippen molar-refractivity contribution in [3.05, 3.63) is 76.6 Å². The highest BCUT2D eigenvalue weighted by Crippen LogP contribution is 2.32. The molecule has 0 aliphatic rings. The number of aryl methyl sites for hydroxylation is 2. The molecule has 0 spiro atoms. The van der Waals surface area contributed by atoms with Crippen LogP contribution >= 0.6 is 0 Å². The second-order valence-corrected chi connectivity index (χ2v) is 9.39. The van der Waals surface area contributed by atoms with Crippen molar-refractivity contribution in [1.82, 2.24) is 15.1 Å². The first-order chi connectivity index (χ1) is 16.8. The summed E-state index contributed by atoms with van der Waals surface area (Å²) in [5, 5.41) is 17.3. The van der Waals surface area contributed by atoms with Crippen LogP contribution in [0.15, 0.2) is 48.7 Å². The lowest BCUT2D eigenvalue weighted by Gasteiger charge is -2.25. The number of aromatic nitrogens is 2. The highest BCUT2D eigenvalue weighted by Gasteiger charge is 2.31. The minimum absolute atomic E-state index is 0.101. The summed E-state index contributed by atoms with van der Waals surface area (Å²) in [5.41, 5.74) is 1.65. The van der Waals surface area contributed by atoms with Gasteiger partial charge in [-0.1, -0.05) is 19.1 Å². The lowest BCUT2D eigenvalue weighted by molar-refractivity contribution is -0.152. The summed E-state index contributed by atoms with van der Waals surface area (Å²) in [6, 6.07) is 11.0. The van der Waals surface area contributed by atoms with Crippen molar-refractivity contribution in [3.63, 3.8) is 0 Å². The molecule has 2 aromatic carbocycles. The van der Waals surface area contributed by atoms with Gasteiger partial charge in [-0.2, -0.15) is 18.3 Å². The maximum absolute atomic E-state index is 13.1. The summed E-state index contributed by atoms with van der Waals surface area (Å²) in [7, 11) is 0. The maximum Gasteiger partial charge on any atom is 0.416 e. The molecule has 2 N–H and O–H groups in total. The van der Waals surface area contributed by atoms with Crippen LogP contribution in [0.2, 0.25) is 0 Å². The van der Waals surface area contributed by atoms with Gasteiger partial charge in [0.1, 0.15) is 5.75 Å². The Hall–Kier alpha value is -3.33. The van der Waals surface area contributed by atoms with Crippen LogP contribution in [0.25, 0.3) is 5.69 Å². The fourth-order valence-electron chi connectivity index (χ4n) is 3.93. The van der Waals surface area contributed by atoms with Crippen molar-refractivity contribution >= 4 is 5.97 Å². The minimum atomic E-state index is -4.40. The quantitative estimate of drug-likeness (QED) is 0.353. The van der Waals surface area contributed by atoms with E-state index >= 15 is 0 Å². The molecule has 0 radical (unpaired) electrons. The predicted molar refractivity (Wildman–Crippen MR) is 132 cm³/mol. The summed E-state index contributed by atoms with van der Waals surface area (Å²) >= 11 is 0. The van der Waals surface area contributed by atoms with E-state index in [0.29, 0.717) is 23.4 Å². The molecule has 1 unspecified atom stereocenters. The van der Waals surface area contributed by atoms with E-state index in [1.807, 2.05) is 25.1 Å². The molecular formula is C27H32F3N3O3. The summed E-state index contributed by atoms with van der Waals surface area (Å²) in [4.78, 5) is 11.4. The van der Waals surface area contributed by atoms with Crippen LogP contribution in [-0.2, 0) is 17.4 Å². The van der Waals surface area contributed by atoms with Crippen molar-refractivity contribution in [2.45, 2.75) is 65.3 Å². The van der Waals surface area contributed by atoms with Gasteiger partial charge in [-0.3, -0.25) is 0 Å². The number of rotatable bonds is 10. The molecular weight excluding hydrogens is 471 g/mol. The minimum Gasteiger partial charge on any atom is -0.478 e. The molecule has 36 heavy (non-hydrogen) atoms. The van der Waals surface area contributed by atoms with E-state index in [4.69, 9.17) is 4.74 Å². The molecule has 0 saturated heterocycles. The van der Waals surface area contributed by atoms with Crippen molar-refractivity contribution in [1.29, 1.82) is 0 Å². The van der Waals surface area contributed by atoms with Gasteiger partial charge in [-0.05, 0) is 87.7 Å². The third kappa shape index (κ3) is 6.26. The molecule has 194 valence electrons. The van der Waals surface area contributed by atoms with Gasteiger partial charge < -0.3 is 15.2 Å². The normalized spacial score (nSPS) is 13.0. The lowest BCUT2D eigenvalue weighted by atomic mass is 9.99. The number of carboxylic acid groups (broad SMARTS) is 1. The topological polar surface area (TPSA) is 76.4 Å². The Labute approximate surface area is 209 Å². The van der Waals surface area contributed by atoms with Crippen LogP contribution < -0.4 is 10.1 Å². The molecule has 1 aromatic heterocycles. The molecule has 1 atom stereocenters. The van der Waals surface area contributed by atoms with Gasteiger partial charge in [0.05, 0.1) is 11.3 Å². The Kier molecular flexibility index (Phi) is 8.13. The van der Waals surface area contributed by atoms with E-state index in [0.717, 1.165) is 41.9 Å². The third-order valence-corrected chi connectivity index (χ3v) is 6.01. The molecule has 1 heterocycles. The van der Waals surface area contributed by atoms with Crippen molar-refractivity contribution in [2.24, 2.45) is 0 Å². The third-order valence-electron chi connectivity index (χ3n) is 6.01. The van der Waals surface area contributed by atoms with Crippen molar-refractivity contribution in [2.75, 3.05) is 6.54 Å². The van der Waals surface area contributed by atoms with Gasteiger partial charge in [0.2, 0.25) is 0 Å². The van der Waals surface area contributed by atoms with Crippen molar-refractivity contribution in [3.8, 4) is 11.4 Å². The van der Waals surface area contributed by atoms with Crippen LogP contribution in [0.4, 0.5) is 13.2 Å². The molecule has 0 bridgehead atoms. The molecule has 9 heteroatoms. The standard InChI is InChI=1S/C27H32F3N3O3/c1-6-12-31-22(19-7-10-24(18(3)14-19)36-26(4,5)25(34)35)16-21-11-13-32-33(21)23-9-8-20(15-17(23)2)27(28,29)30/h7-11,13-15,22,31H,6,12,16H2,1-5H3,(H,34,35).